The Morgan fingerprint density at radius 2 is 2.05 bits per heavy atom. The van der Waals surface area contributed by atoms with Crippen LogP contribution in [-0.2, 0) is 11.2 Å². The van der Waals surface area contributed by atoms with Crippen molar-refractivity contribution < 1.29 is 9.21 Å². The second kappa shape index (κ2) is 7.45. The van der Waals surface area contributed by atoms with E-state index in [1.807, 2.05) is 39.2 Å². The molecule has 0 aliphatic carbocycles. The average molecular weight is 319 g/mol. The minimum Gasteiger partial charge on any atom is -0.467 e. The molecule has 0 aromatic carbocycles. The Morgan fingerprint density at radius 1 is 1.36 bits per heavy atom. The van der Waals surface area contributed by atoms with E-state index in [9.17, 15) is 4.79 Å². The van der Waals surface area contributed by atoms with Gasteiger partial charge in [0.05, 0.1) is 12.3 Å². The Balaban J connectivity index is 1.94. The highest BCUT2D eigenvalue weighted by Gasteiger charge is 2.14. The number of nitrogens with one attached hydrogen (secondary N) is 1. The summed E-state index contributed by atoms with van der Waals surface area (Å²) in [5, 5.41) is 3.71. The van der Waals surface area contributed by atoms with Crippen LogP contribution in [0.1, 0.15) is 42.1 Å². The molecule has 2 aromatic rings. The molecule has 0 unspecified atom stereocenters. The van der Waals surface area contributed by atoms with Gasteiger partial charge in [0.15, 0.2) is 5.16 Å². The molecule has 6 heteroatoms. The van der Waals surface area contributed by atoms with Crippen LogP contribution in [0.15, 0.2) is 28.0 Å². The number of aryl methyl sites for hydroxylation is 2. The molecule has 2 rings (SSSR count). The highest BCUT2D eigenvalue weighted by Crippen LogP contribution is 2.17. The summed E-state index contributed by atoms with van der Waals surface area (Å²) in [7, 11) is 0. The standard InChI is InChI=1S/C16H21N3O2S/c1-10-13(11(2)19-16(18-10)22-4)7-8-15(20)17-12(3)14-6-5-9-21-14/h5-6,9,12H,7-8H2,1-4H3,(H,17,20)/t12-/m0/s1. The number of hydrogen-bond donors (Lipinski definition) is 1. The first-order chi connectivity index (χ1) is 10.5. The largest absolute Gasteiger partial charge is 0.467 e. The number of aromatic nitrogens is 2. The number of carbonyl (C=O) groups excluding carboxylic acids is 1. The summed E-state index contributed by atoms with van der Waals surface area (Å²) in [6.07, 6.45) is 4.62. The quantitative estimate of drug-likeness (QED) is 0.654. The molecule has 118 valence electrons. The van der Waals surface area contributed by atoms with Gasteiger partial charge in [-0.05, 0) is 51.1 Å². The van der Waals surface area contributed by atoms with Gasteiger partial charge in [0.1, 0.15) is 5.76 Å². The molecule has 1 atom stereocenters. The molecule has 22 heavy (non-hydrogen) atoms. The molecule has 0 bridgehead atoms. The van der Waals surface area contributed by atoms with E-state index in [4.69, 9.17) is 4.42 Å². The first-order valence-electron chi connectivity index (χ1n) is 7.22. The third-order valence-electron chi connectivity index (χ3n) is 3.53. The van der Waals surface area contributed by atoms with Crippen molar-refractivity contribution in [1.29, 1.82) is 0 Å². The molecule has 0 radical (unpaired) electrons. The summed E-state index contributed by atoms with van der Waals surface area (Å²) < 4.78 is 5.29. The Labute approximate surface area is 134 Å². The van der Waals surface area contributed by atoms with E-state index in [0.29, 0.717) is 12.8 Å². The van der Waals surface area contributed by atoms with E-state index in [-0.39, 0.29) is 11.9 Å². The van der Waals surface area contributed by atoms with Crippen molar-refractivity contribution in [2.45, 2.75) is 44.8 Å². The minimum atomic E-state index is -0.125. The number of thioether (sulfide) groups is 1. The maximum absolute atomic E-state index is 12.1. The second-order valence-electron chi connectivity index (χ2n) is 5.16. The smallest absolute Gasteiger partial charge is 0.220 e. The summed E-state index contributed by atoms with van der Waals surface area (Å²) in [5.74, 6) is 0.755. The van der Waals surface area contributed by atoms with Gasteiger partial charge in [-0.1, -0.05) is 11.8 Å². The fourth-order valence-corrected chi connectivity index (χ4v) is 2.78. The molecular formula is C16H21N3O2S. The van der Waals surface area contributed by atoms with Crippen LogP contribution in [0.4, 0.5) is 0 Å². The van der Waals surface area contributed by atoms with Crippen LogP contribution in [0.3, 0.4) is 0 Å². The number of hydrogen-bond acceptors (Lipinski definition) is 5. The van der Waals surface area contributed by atoms with Crippen molar-refractivity contribution in [3.8, 4) is 0 Å². The van der Waals surface area contributed by atoms with Crippen molar-refractivity contribution in [1.82, 2.24) is 15.3 Å². The third-order valence-corrected chi connectivity index (χ3v) is 4.08. The Hall–Kier alpha value is -1.82. The van der Waals surface area contributed by atoms with E-state index in [1.165, 1.54) is 11.8 Å². The lowest BCUT2D eigenvalue weighted by Gasteiger charge is -2.13. The van der Waals surface area contributed by atoms with Crippen LogP contribution in [0.2, 0.25) is 0 Å². The Bertz CT molecular complexity index is 618. The van der Waals surface area contributed by atoms with Crippen molar-refractivity contribution in [3.63, 3.8) is 0 Å². The summed E-state index contributed by atoms with van der Waals surface area (Å²) >= 11 is 1.53. The van der Waals surface area contributed by atoms with Crippen molar-refractivity contribution in [2.24, 2.45) is 0 Å². The summed E-state index contributed by atoms with van der Waals surface area (Å²) in [6.45, 7) is 5.84. The monoisotopic (exact) mass is 319 g/mol. The van der Waals surface area contributed by atoms with Crippen molar-refractivity contribution >= 4 is 17.7 Å². The summed E-state index contributed by atoms with van der Waals surface area (Å²) in [5.41, 5.74) is 2.95. The first kappa shape index (κ1) is 16.5. The van der Waals surface area contributed by atoms with Gasteiger partial charge in [0.25, 0.3) is 0 Å². The van der Waals surface area contributed by atoms with Gasteiger partial charge in [-0.25, -0.2) is 9.97 Å². The topological polar surface area (TPSA) is 68.0 Å². The van der Waals surface area contributed by atoms with E-state index in [1.54, 1.807) is 6.26 Å². The van der Waals surface area contributed by atoms with Crippen LogP contribution in [-0.4, -0.2) is 22.1 Å². The van der Waals surface area contributed by atoms with Gasteiger partial charge in [0.2, 0.25) is 5.91 Å². The Morgan fingerprint density at radius 3 is 2.59 bits per heavy atom. The predicted octanol–water partition coefficient (Wildman–Crippen LogP) is 3.22. The average Bonchev–Trinajstić information content (AvgIpc) is 3.00. The van der Waals surface area contributed by atoms with Crippen LogP contribution < -0.4 is 5.32 Å². The SMILES string of the molecule is CSc1nc(C)c(CCC(=O)N[C@@H](C)c2ccco2)c(C)n1. The van der Waals surface area contributed by atoms with Gasteiger partial charge in [0, 0.05) is 17.8 Å². The summed E-state index contributed by atoms with van der Waals surface area (Å²) in [6, 6.07) is 3.55. The van der Waals surface area contributed by atoms with Crippen LogP contribution >= 0.6 is 11.8 Å². The molecule has 0 fully saturated rings. The Kier molecular flexibility index (Phi) is 5.60. The minimum absolute atomic E-state index is 0.00311. The van der Waals surface area contributed by atoms with Crippen LogP contribution in [0, 0.1) is 13.8 Å². The molecule has 0 aliphatic rings. The second-order valence-corrected chi connectivity index (χ2v) is 5.94. The maximum atomic E-state index is 12.1. The van der Waals surface area contributed by atoms with E-state index in [2.05, 4.69) is 15.3 Å². The van der Waals surface area contributed by atoms with Gasteiger partial charge in [-0.2, -0.15) is 0 Å². The van der Waals surface area contributed by atoms with Gasteiger partial charge in [-0.15, -0.1) is 0 Å². The fourth-order valence-electron chi connectivity index (χ4n) is 2.32. The zero-order chi connectivity index (χ0) is 16.1. The molecule has 0 aliphatic heterocycles. The predicted molar refractivity (Wildman–Crippen MR) is 86.9 cm³/mol. The summed E-state index contributed by atoms with van der Waals surface area (Å²) in [4.78, 5) is 20.9. The van der Waals surface area contributed by atoms with Gasteiger partial charge >= 0.3 is 0 Å². The van der Waals surface area contributed by atoms with E-state index in [0.717, 1.165) is 27.9 Å². The van der Waals surface area contributed by atoms with E-state index >= 15 is 0 Å². The number of rotatable bonds is 6. The highest BCUT2D eigenvalue weighted by molar-refractivity contribution is 7.98. The fraction of sp³-hybridized carbons (Fsp3) is 0.438. The molecular weight excluding hydrogens is 298 g/mol. The molecule has 0 saturated heterocycles. The zero-order valence-electron chi connectivity index (χ0n) is 13.3. The zero-order valence-corrected chi connectivity index (χ0v) is 14.2. The van der Waals surface area contributed by atoms with Crippen LogP contribution in [0.5, 0.6) is 0 Å². The number of nitrogens with zero attached hydrogens (tertiary/aromatic N) is 2. The molecule has 5 nitrogen and oxygen atoms in total. The highest BCUT2D eigenvalue weighted by atomic mass is 32.2. The lowest BCUT2D eigenvalue weighted by atomic mass is 10.1. The number of carbonyl (C=O) groups is 1. The maximum Gasteiger partial charge on any atom is 0.220 e. The molecule has 2 heterocycles. The molecule has 2 aromatic heterocycles. The number of furan rings is 1. The van der Waals surface area contributed by atoms with Gasteiger partial charge in [-0.3, -0.25) is 4.79 Å². The van der Waals surface area contributed by atoms with Crippen molar-refractivity contribution in [3.05, 3.63) is 41.1 Å². The van der Waals surface area contributed by atoms with Crippen LogP contribution in [0.25, 0.3) is 0 Å². The third kappa shape index (κ3) is 4.10. The van der Waals surface area contributed by atoms with Crippen molar-refractivity contribution in [2.75, 3.05) is 6.26 Å². The van der Waals surface area contributed by atoms with E-state index < -0.39 is 0 Å². The molecule has 0 spiro atoms. The molecule has 0 saturated carbocycles. The first-order valence-corrected chi connectivity index (χ1v) is 8.44. The lowest BCUT2D eigenvalue weighted by molar-refractivity contribution is -0.121. The molecule has 1 amide bonds. The normalized spacial score (nSPS) is 12.2. The van der Waals surface area contributed by atoms with Gasteiger partial charge < -0.3 is 9.73 Å². The number of amides is 1. The molecule has 1 N–H and O–H groups in total. The lowest BCUT2D eigenvalue weighted by Crippen LogP contribution is -2.26.